The van der Waals surface area contributed by atoms with Crippen LogP contribution in [0, 0.1) is 11.6 Å². The van der Waals surface area contributed by atoms with E-state index in [0.29, 0.717) is 63.7 Å². The number of carbonyl (C=O) groups excluding carboxylic acids is 10. The average Bonchev–Trinajstić information content (AvgIpc) is 1.68. The maximum atomic E-state index is 15.3. The van der Waals surface area contributed by atoms with Gasteiger partial charge in [0.2, 0.25) is 53.2 Å². The number of amides is 9. The molecule has 2 aliphatic rings. The number of hydrogen-bond donors (Lipinski definition) is 13. The van der Waals surface area contributed by atoms with Gasteiger partial charge in [-0.1, -0.05) is 36.4 Å². The molecule has 572 valence electrons. The zero-order valence-electron chi connectivity index (χ0n) is 59.5. The Hall–Kier alpha value is -10.2. The van der Waals surface area contributed by atoms with Gasteiger partial charge in [0.25, 0.3) is 0 Å². The molecule has 7 aromatic rings. The van der Waals surface area contributed by atoms with Crippen LogP contribution in [0.4, 0.5) is 8.78 Å². The first-order valence-corrected chi connectivity index (χ1v) is 37.4. The number of ketones is 1. The van der Waals surface area contributed by atoms with E-state index in [4.69, 9.17) is 19.9 Å². The number of thioether (sulfide) groups is 2. The van der Waals surface area contributed by atoms with E-state index in [1.165, 1.54) is 91.9 Å². The maximum absolute atomic E-state index is 15.3. The van der Waals surface area contributed by atoms with E-state index in [0.717, 1.165) is 11.1 Å². The number of nitrogens with two attached hydrogens (primary N) is 1. The van der Waals surface area contributed by atoms with Crippen LogP contribution in [0.3, 0.4) is 0 Å². The average molecular weight is 1520 g/mol. The Morgan fingerprint density at radius 2 is 1.23 bits per heavy atom. The number of rotatable bonds is 21. The molecular formula is C74H90F2N14O15S2. The van der Waals surface area contributed by atoms with E-state index in [-0.39, 0.29) is 100 Å². The normalized spacial score (nSPS) is 22.1. The number of hydrogen-bond acceptors (Lipinski definition) is 18. The van der Waals surface area contributed by atoms with Crippen LogP contribution in [-0.4, -0.2) is 207 Å². The van der Waals surface area contributed by atoms with E-state index < -0.39 is 144 Å². The van der Waals surface area contributed by atoms with Crippen molar-refractivity contribution in [1.29, 1.82) is 0 Å². The Bertz CT molecular complexity index is 4280. The number of benzene rings is 4. The summed E-state index contributed by atoms with van der Waals surface area (Å²) in [6.07, 6.45) is 3.41. The van der Waals surface area contributed by atoms with E-state index in [1.54, 1.807) is 43.0 Å². The molecule has 0 unspecified atom stereocenters. The van der Waals surface area contributed by atoms with Gasteiger partial charge < -0.3 is 87.4 Å². The first-order valence-electron chi connectivity index (χ1n) is 35.1. The molecule has 107 heavy (non-hydrogen) atoms. The smallest absolute Gasteiger partial charge is 0.305 e. The second-order valence-corrected chi connectivity index (χ2v) is 28.5. The highest BCUT2D eigenvalue weighted by Crippen LogP contribution is 2.31. The second-order valence-electron chi connectivity index (χ2n) is 26.3. The lowest BCUT2D eigenvalue weighted by molar-refractivity contribution is -0.146. The lowest BCUT2D eigenvalue weighted by atomic mass is 9.95. The van der Waals surface area contributed by atoms with Gasteiger partial charge in [0.05, 0.1) is 33.4 Å². The van der Waals surface area contributed by atoms with E-state index in [1.807, 2.05) is 24.3 Å². The standard InChI is InChI=1S/C74H90F2N14O15S2/c1-43-66(95)85-58(32-47-38-81-55-15-10-49(75)34-53(47)55)68(97)86-59(33-48-39-82-56-16-11-50(76)35-54(48)56)69(98)88-61(37-65(93)94)71(100)87-60(36-63-78-21-22-79-63)70(99)89-62(31-44-8-13-52(103-3)14-9-44)72(101)90-24-5-19-74(90,2)73(102)80-23-29-107-42-46-7-4-6-45(30-46)41-106-28-18-64(92)84-57(67(96)83-43)17-12-51(91)40-105-27-26-104-25-20-77/h4,6-11,13-16,21-22,30,34-35,38-39,43,57-62,81-82H,5,12,17-20,23-29,31-33,36-37,40-42,77H2,1-3H3,(H,78,79)(H,80,102)(H,83,96)(H,84,92)(H,85,95)(H,86,97)(H,87,100)(H,88,98)(H,89,99)(H,93,94)/t43-,57+,58+,59+,60+,61+,62+,74+/m1/s1. The van der Waals surface area contributed by atoms with Gasteiger partial charge >= 0.3 is 5.97 Å². The maximum Gasteiger partial charge on any atom is 0.305 e. The molecule has 2 aliphatic heterocycles. The molecule has 4 aromatic carbocycles. The van der Waals surface area contributed by atoms with Crippen LogP contribution in [0.5, 0.6) is 5.75 Å². The molecule has 9 amide bonds. The summed E-state index contributed by atoms with van der Waals surface area (Å²) in [5.41, 5.74) is 8.02. The Morgan fingerprint density at radius 1 is 0.654 bits per heavy atom. The molecule has 1 fully saturated rings. The van der Waals surface area contributed by atoms with Gasteiger partial charge in [0, 0.05) is 128 Å². The molecule has 9 rings (SSSR count). The van der Waals surface area contributed by atoms with E-state index >= 15 is 23.6 Å². The predicted octanol–water partition coefficient (Wildman–Crippen LogP) is 3.23. The SMILES string of the molecule is COc1ccc(C[C@@H]2NC(=O)[C@H](Cc3ncc[nH]3)NC(=O)[C@H](CC(=O)O)NC(=O)[C@H](Cc3c[nH]c4ccc(F)cc34)NC(=O)[C@H](Cc3c[nH]c4ccc(F)cc34)NC(=O)[C@@H](C)NC(=O)[C@H](CCC(=O)COCCOCCN)NC(=O)CCSCc3cccc(c3)CSCCNC(=O)[C@]3(C)CCCN3C2=O)cc1. The van der Waals surface area contributed by atoms with Crippen LogP contribution in [0.1, 0.15) is 86.0 Å². The number of carbonyl (C=O) groups is 11. The summed E-state index contributed by atoms with van der Waals surface area (Å²) in [5, 5.41) is 32.4. The summed E-state index contributed by atoms with van der Waals surface area (Å²) in [6.45, 7) is 3.84. The van der Waals surface area contributed by atoms with Crippen molar-refractivity contribution in [3.05, 3.63) is 155 Å². The summed E-state index contributed by atoms with van der Waals surface area (Å²) in [7, 11) is 1.48. The zero-order chi connectivity index (χ0) is 76.6. The number of aliphatic carboxylic acids is 1. The van der Waals surface area contributed by atoms with Crippen LogP contribution in [0.2, 0.25) is 0 Å². The third kappa shape index (κ3) is 23.4. The van der Waals surface area contributed by atoms with Crippen LogP contribution in [-0.2, 0) is 99.4 Å². The first kappa shape index (κ1) is 80.9. The van der Waals surface area contributed by atoms with Crippen LogP contribution >= 0.6 is 23.5 Å². The molecule has 0 spiro atoms. The second kappa shape index (κ2) is 39.4. The molecule has 33 heteroatoms. The van der Waals surface area contributed by atoms with Gasteiger partial charge in [-0.05, 0) is 109 Å². The fraction of sp³-hybridized carbons (Fsp3) is 0.432. The highest BCUT2D eigenvalue weighted by molar-refractivity contribution is 7.98. The Kier molecular flexibility index (Phi) is 29.8. The van der Waals surface area contributed by atoms with Crippen molar-refractivity contribution in [3.63, 3.8) is 0 Å². The fourth-order valence-electron chi connectivity index (χ4n) is 12.6. The summed E-state index contributed by atoms with van der Waals surface area (Å²) in [6, 6.07) is 10.8. The minimum atomic E-state index is -2.04. The number of ether oxygens (including phenoxy) is 3. The molecular weight excluding hydrogens is 1430 g/mol. The zero-order valence-corrected chi connectivity index (χ0v) is 61.1. The van der Waals surface area contributed by atoms with Gasteiger partial charge in [0.1, 0.15) is 77.6 Å². The Morgan fingerprint density at radius 3 is 1.84 bits per heavy atom. The molecule has 1 saturated heterocycles. The number of imidazole rings is 1. The Balaban J connectivity index is 1.05. The number of carboxylic acid groups (broad SMARTS) is 1. The highest BCUT2D eigenvalue weighted by Gasteiger charge is 2.48. The van der Waals surface area contributed by atoms with Crippen LogP contribution in [0.15, 0.2) is 110 Å². The van der Waals surface area contributed by atoms with Gasteiger partial charge in [-0.25, -0.2) is 13.8 Å². The van der Waals surface area contributed by atoms with Crippen molar-refractivity contribution in [2.75, 3.05) is 64.7 Å². The molecule has 29 nitrogen and oxygen atoms in total. The van der Waals surface area contributed by atoms with Crippen molar-refractivity contribution in [3.8, 4) is 5.75 Å². The van der Waals surface area contributed by atoms with Crippen molar-refractivity contribution in [2.24, 2.45) is 5.73 Å². The summed E-state index contributed by atoms with van der Waals surface area (Å²) in [4.78, 5) is 173. The third-order valence-electron chi connectivity index (χ3n) is 18.3. The summed E-state index contributed by atoms with van der Waals surface area (Å²) in [5.74, 6) is -8.65. The minimum Gasteiger partial charge on any atom is -0.497 e. The number of fused-ring (bicyclic) bond motifs is 5. The molecule has 8 atom stereocenters. The lowest BCUT2D eigenvalue weighted by Crippen LogP contribution is -2.62. The number of H-pyrrole nitrogens is 3. The molecule has 14 N–H and O–H groups in total. The van der Waals surface area contributed by atoms with E-state index in [9.17, 15) is 43.1 Å². The van der Waals surface area contributed by atoms with Crippen molar-refractivity contribution in [1.82, 2.24) is 67.4 Å². The quantitative estimate of drug-likeness (QED) is 0.0459. The Labute approximate surface area is 624 Å². The molecule has 3 aromatic heterocycles. The number of Topliss-reactive ketones (excluding diaryl/α,β-unsaturated/α-hetero) is 1. The van der Waals surface area contributed by atoms with Gasteiger partial charge in [0.15, 0.2) is 5.78 Å². The third-order valence-corrected chi connectivity index (χ3v) is 20.4. The number of aromatic amines is 3. The van der Waals surface area contributed by atoms with Crippen molar-refractivity contribution >= 4 is 110 Å². The number of nitrogens with one attached hydrogen (secondary N) is 11. The number of nitrogens with zero attached hydrogens (tertiary/aromatic N) is 2. The molecule has 0 aliphatic carbocycles. The van der Waals surface area contributed by atoms with E-state index in [2.05, 4.69) is 62.5 Å². The van der Waals surface area contributed by atoms with Gasteiger partial charge in [-0.15, -0.1) is 0 Å². The van der Waals surface area contributed by atoms with Crippen LogP contribution < -0.4 is 53.0 Å². The molecule has 5 heterocycles. The predicted molar refractivity (Wildman–Crippen MR) is 395 cm³/mol. The number of halogens is 2. The molecule has 2 bridgehead atoms. The summed E-state index contributed by atoms with van der Waals surface area (Å²) < 4.78 is 46.2. The van der Waals surface area contributed by atoms with Crippen molar-refractivity contribution in [2.45, 2.75) is 137 Å². The first-order chi connectivity index (χ1) is 51.5. The monoisotopic (exact) mass is 1520 g/mol. The fourth-order valence-corrected chi connectivity index (χ4v) is 14.3. The molecule has 0 saturated carbocycles. The minimum absolute atomic E-state index is 0.0530. The topological polar surface area (TPSA) is 421 Å². The number of aromatic nitrogens is 4. The largest absolute Gasteiger partial charge is 0.497 e. The molecule has 0 radical (unpaired) electrons. The van der Waals surface area contributed by atoms with Crippen LogP contribution in [0.25, 0.3) is 21.8 Å². The highest BCUT2D eigenvalue weighted by atomic mass is 32.2. The lowest BCUT2D eigenvalue weighted by Gasteiger charge is -2.36. The van der Waals surface area contributed by atoms with Gasteiger partial charge in [-0.3, -0.25) is 52.7 Å². The number of methoxy groups -OCH3 is 1. The van der Waals surface area contributed by atoms with Gasteiger partial charge in [-0.2, -0.15) is 23.5 Å². The summed E-state index contributed by atoms with van der Waals surface area (Å²) >= 11 is 3.04. The van der Waals surface area contributed by atoms with Crippen molar-refractivity contribution < 1.29 is 80.8 Å². The number of carboxylic acids is 1.